The number of anilines is 3. The summed E-state index contributed by atoms with van der Waals surface area (Å²) in [6.07, 6.45) is -0.0935. The topological polar surface area (TPSA) is 659 Å². The molecule has 1 aliphatic heterocycles. The zero-order valence-corrected chi connectivity index (χ0v) is 61.4. The van der Waals surface area contributed by atoms with Crippen LogP contribution in [0.25, 0.3) is 11.2 Å². The van der Waals surface area contributed by atoms with Gasteiger partial charge in [0.15, 0.2) is 17.4 Å². The molecule has 105 heavy (non-hydrogen) atoms. The third-order valence-corrected chi connectivity index (χ3v) is 17.9. The minimum atomic E-state index is -5.94. The summed E-state index contributed by atoms with van der Waals surface area (Å²) in [6, 6.07) is 17.5. The summed E-state index contributed by atoms with van der Waals surface area (Å²) in [5, 5.41) is 104. The summed E-state index contributed by atoms with van der Waals surface area (Å²) in [4.78, 5) is 153. The van der Waals surface area contributed by atoms with Crippen LogP contribution < -0.4 is 42.5 Å². The second kappa shape index (κ2) is 42.6. The molecule has 6 aromatic rings. The summed E-state index contributed by atoms with van der Waals surface area (Å²) < 4.78 is 57.4. The van der Waals surface area contributed by atoms with E-state index in [0.29, 0.717) is 22.5 Å². The van der Waals surface area contributed by atoms with Crippen LogP contribution in [0.5, 0.6) is 0 Å². The van der Waals surface area contributed by atoms with Gasteiger partial charge in [0.1, 0.15) is 18.3 Å². The molecule has 1 fully saturated rings. The smallest absolute Gasteiger partial charge is 0.550 e. The third kappa shape index (κ3) is 32.5. The number of aromatic nitrogens is 6. The van der Waals surface area contributed by atoms with Gasteiger partial charge in [-0.3, -0.25) is 62.9 Å². The first-order valence-corrected chi connectivity index (χ1v) is 33.9. The van der Waals surface area contributed by atoms with Crippen LogP contribution in [0.2, 0.25) is 0 Å². The summed E-state index contributed by atoms with van der Waals surface area (Å²) in [5.74, 6) is -1.84. The fourth-order valence-corrected chi connectivity index (χ4v) is 13.4. The Morgan fingerprint density at radius 3 is 1.48 bits per heavy atom. The molecule has 0 radical (unpaired) electrons. The molecule has 2 aromatic carbocycles. The van der Waals surface area contributed by atoms with Crippen molar-refractivity contribution in [3.63, 3.8) is 0 Å². The molecule has 0 aliphatic carbocycles. The maximum Gasteiger partial charge on any atom is 3.00 e. The van der Waals surface area contributed by atoms with E-state index in [9.17, 15) is 112 Å². The van der Waals surface area contributed by atoms with E-state index in [0.717, 1.165) is 32.8 Å². The van der Waals surface area contributed by atoms with E-state index < -0.39 is 172 Å². The molecule has 40 nitrogen and oxygen atoms in total. The number of aliphatic hydroxyl groups is 2. The predicted molar refractivity (Wildman–Crippen MR) is 341 cm³/mol. The van der Waals surface area contributed by atoms with Crippen molar-refractivity contribution in [2.24, 2.45) is 11.8 Å². The van der Waals surface area contributed by atoms with Gasteiger partial charge < -0.3 is 101 Å². The molecule has 0 spiro atoms. The van der Waals surface area contributed by atoms with E-state index in [1.165, 1.54) is 24.3 Å². The third-order valence-electron chi connectivity index (χ3n) is 13.5. The van der Waals surface area contributed by atoms with Gasteiger partial charge in [-0.1, -0.05) is 23.7 Å². The number of phosphoric acid groups is 2. The number of terminal acetylenes is 1. The van der Waals surface area contributed by atoms with Crippen LogP contribution in [-0.4, -0.2) is 183 Å². The number of benzene rings is 2. The van der Waals surface area contributed by atoms with Crippen molar-refractivity contribution in [2.45, 2.75) is 76.2 Å². The molecule has 1 saturated heterocycles. The Morgan fingerprint density at radius 1 is 0.610 bits per heavy atom. The number of ether oxygens (including phenoxy) is 1. The summed E-state index contributed by atoms with van der Waals surface area (Å²) in [6.45, 7) is -4.40. The summed E-state index contributed by atoms with van der Waals surface area (Å²) in [7, 11) is -17.0. The van der Waals surface area contributed by atoms with Gasteiger partial charge in [0.05, 0.1) is 49.4 Å². The number of nitrogens with one attached hydrogen (secondary N) is 2. The van der Waals surface area contributed by atoms with Crippen molar-refractivity contribution in [1.29, 1.82) is 0 Å². The number of phosphoric ester groups is 1. The zero-order valence-electron chi connectivity index (χ0n) is 53.9. The first-order chi connectivity index (χ1) is 48.3. The molecule has 558 valence electrons. The van der Waals surface area contributed by atoms with Gasteiger partial charge in [-0.25, -0.2) is 18.7 Å². The number of pyridine rings is 2. The largest absolute Gasteiger partial charge is 3.00 e. The number of rotatable bonds is 34. The zero-order chi connectivity index (χ0) is 76.7. The van der Waals surface area contributed by atoms with Gasteiger partial charge >= 0.3 is 146 Å². The number of nitrogen functional groups attached to an aromatic ring is 2. The van der Waals surface area contributed by atoms with E-state index in [-0.39, 0.29) is 176 Å². The quantitative estimate of drug-likeness (QED) is 0.0103. The Labute approximate surface area is 675 Å². The Hall–Kier alpha value is -7.65. The number of aliphatic hydroxyl groups excluding tert-OH is 2. The van der Waals surface area contributed by atoms with Crippen LogP contribution in [0.3, 0.4) is 0 Å². The molecule has 45 heteroatoms. The molecule has 1 aliphatic rings. The van der Waals surface area contributed by atoms with Crippen molar-refractivity contribution in [3.05, 3.63) is 135 Å². The number of fused-ring (bicyclic) bond motifs is 1. The molecule has 0 bridgehead atoms. The minimum absolute atomic E-state index is 0. The fraction of sp³-hybridized carbons (Fsp3) is 0.317. The number of carboxylic acid groups (broad SMARTS) is 8. The van der Waals surface area contributed by atoms with Gasteiger partial charge in [0, 0.05) is 96.0 Å². The molecule has 15 N–H and O–H groups in total. The number of hydrogen-bond donors (Lipinski definition) is 13. The number of H-pyrrole nitrogens is 1. The van der Waals surface area contributed by atoms with Crippen LogP contribution in [0.4, 0.5) is 17.3 Å². The van der Waals surface area contributed by atoms with Crippen molar-refractivity contribution >= 4 is 99.6 Å². The first kappa shape index (κ1) is 91.6. The van der Waals surface area contributed by atoms with E-state index in [1.807, 2.05) is 5.09 Å². The molecule has 7 rings (SSSR count). The standard InChI is InChI=1S/C34H39N8O21P3.C24H25N3O8.C2H2.2Eu/c35-34-38-31-28(32(53)39-34)36-16-42(31)33-30(52)29(51)23(61-33)15-60-65(56,57)63-66(58,59)62-64(54,55)40-20-5-3-17(4-6-20)1-2-18-7-21(9-19(10-24(43)44)11-25(45)46)37-22(8-18)12-41(13-26(47)48)14-27(49)50;25-18-5-3-15(4-6-18)1-2-16-7-19(9-17(10-21(28)29)11-22(30)31)26-20(8-16)12-27(13-23(32)33)14-24(34)35;1-2;;/h3-8,16,19,23,29-30,33,51-52H,9-15H2,(H,43,44)(H,45,46)(H,47,48)(H,49,50)(H,56,57)(H,58,59)(H2,40,54,55)(H3,35,38,39,53);3-8,17H,9-14,25H2,(H,28,29)(H,30,31)(H,32,33)(H,34,35);1-2H;;/q;;;2*+3/p-4/t23-,29?,30+,33-;;;;/m1..../s1. The molecule has 4 aromatic heterocycles. The van der Waals surface area contributed by atoms with Gasteiger partial charge in [0.2, 0.25) is 5.95 Å². The van der Waals surface area contributed by atoms with Gasteiger partial charge in [-0.2, -0.15) is 13.6 Å². The molecule has 0 saturated carbocycles. The number of hydrogen-bond acceptors (Lipinski definition) is 30. The Bertz CT molecular complexity index is 4310. The van der Waals surface area contributed by atoms with Crippen LogP contribution in [0.1, 0.15) is 76.9 Å². The van der Waals surface area contributed by atoms with Crippen LogP contribution >= 0.6 is 23.4 Å². The van der Waals surface area contributed by atoms with Gasteiger partial charge in [-0.15, -0.1) is 12.8 Å². The SMILES string of the molecule is C#C.Nc1ccc(C#Cc2cc(CC(CC(=O)[O-])CC(=O)O)nc(CN(CC(=O)[O-])CC(=O)O)c2)cc1.Nc1nc2c(ncn2[C@@H]2O[C@H](COP(=O)(O)OP(=O)(O)OP(=O)(O)Nc3ccc(C#Cc4cc(CC(CC(=O)[O-])CC(=O)O)nc(CN(CC(=O)[O-])CC(=O)O)c4)cc3)C(O)[C@@H]2O)c(=O)[nH]1.[Eu+3].[Eu+3]. The Kier molecular flexibility index (Phi) is 37.2. The maximum atomic E-state index is 12.8. The molecule has 5 heterocycles. The first-order valence-electron chi connectivity index (χ1n) is 29.3. The number of aromatic amines is 1. The van der Waals surface area contributed by atoms with E-state index in [1.54, 1.807) is 36.4 Å². The second-order valence-corrected chi connectivity index (χ2v) is 26.7. The number of aliphatic carboxylic acids is 8. The minimum Gasteiger partial charge on any atom is -0.550 e. The summed E-state index contributed by atoms with van der Waals surface area (Å²) in [5.41, 5.74) is 12.7. The Morgan fingerprint density at radius 2 is 1.05 bits per heavy atom. The summed E-state index contributed by atoms with van der Waals surface area (Å²) >= 11 is 0. The predicted octanol–water partition coefficient (Wildman–Crippen LogP) is -4.29. The fourth-order valence-electron chi connectivity index (χ4n) is 9.72. The van der Waals surface area contributed by atoms with Crippen LogP contribution in [0.15, 0.2) is 83.9 Å². The monoisotopic (exact) mass is 1800 g/mol. The number of carbonyl (C=O) groups excluding carboxylic acids is 4. The van der Waals surface area contributed by atoms with Crippen molar-refractivity contribution in [3.8, 4) is 36.5 Å². The van der Waals surface area contributed by atoms with Crippen molar-refractivity contribution in [2.75, 3.05) is 49.3 Å². The van der Waals surface area contributed by atoms with Crippen molar-refractivity contribution < 1.29 is 234 Å². The molecule has 6 unspecified atom stereocenters. The van der Waals surface area contributed by atoms with Crippen LogP contribution in [-0.2, 0) is 95.9 Å². The molecule has 0 amide bonds. The van der Waals surface area contributed by atoms with E-state index in [4.69, 9.17) is 26.4 Å². The Balaban J connectivity index is 0.000000620. The van der Waals surface area contributed by atoms with Gasteiger partial charge in [0.25, 0.3) is 5.56 Å². The van der Waals surface area contributed by atoms with Crippen LogP contribution in [0, 0.1) is 147 Å². The number of nitrogens with two attached hydrogens (primary N) is 2. The number of imidazole rings is 1. The number of carbonyl (C=O) groups is 8. The van der Waals surface area contributed by atoms with Gasteiger partial charge in [-0.05, 0) is 110 Å². The molecular formula is C60H62Eu2N11O29P3+2. The maximum absolute atomic E-state index is 12.8. The average molecular weight is 1800 g/mol. The van der Waals surface area contributed by atoms with Crippen molar-refractivity contribution in [1.82, 2.24) is 39.3 Å². The number of carboxylic acids is 8. The molecular weight excluding hydrogens is 1740 g/mol. The average Bonchev–Trinajstić information content (AvgIpc) is 1.62. The normalized spacial score (nSPS) is 16.6. The van der Waals surface area contributed by atoms with E-state index >= 15 is 0 Å². The van der Waals surface area contributed by atoms with E-state index in [2.05, 4.69) is 74.6 Å². The number of nitrogens with zero attached hydrogens (tertiary/aromatic N) is 7. The molecule has 9 atom stereocenters. The second-order valence-electron chi connectivity index (χ2n) is 22.0.